The number of hydrogen-bond acceptors (Lipinski definition) is 5. The van der Waals surface area contributed by atoms with Crippen molar-refractivity contribution in [1.82, 2.24) is 10.3 Å². The molecule has 0 spiro atoms. The molecule has 0 bridgehead atoms. The van der Waals surface area contributed by atoms with Crippen LogP contribution in [0.1, 0.15) is 32.0 Å². The zero-order valence-electron chi connectivity index (χ0n) is 11.9. The second-order valence-electron chi connectivity index (χ2n) is 5.71. The summed E-state index contributed by atoms with van der Waals surface area (Å²) in [4.78, 5) is 6.41. The van der Waals surface area contributed by atoms with Crippen molar-refractivity contribution in [3.8, 4) is 0 Å². The monoisotopic (exact) mass is 263 g/mol. The molecule has 19 heavy (non-hydrogen) atoms. The van der Waals surface area contributed by atoms with Gasteiger partial charge in [-0.2, -0.15) is 4.98 Å². The van der Waals surface area contributed by atoms with Crippen LogP contribution in [0.25, 0.3) is 0 Å². The lowest BCUT2D eigenvalue weighted by Gasteiger charge is -2.19. The van der Waals surface area contributed by atoms with E-state index in [1.807, 2.05) is 18.0 Å². The topological polar surface area (TPSA) is 54.4 Å². The van der Waals surface area contributed by atoms with Gasteiger partial charge in [0.1, 0.15) is 6.26 Å². The van der Waals surface area contributed by atoms with Crippen molar-refractivity contribution < 1.29 is 8.83 Å². The van der Waals surface area contributed by atoms with E-state index in [0.717, 1.165) is 11.3 Å². The van der Waals surface area contributed by atoms with Crippen molar-refractivity contribution in [3.63, 3.8) is 0 Å². The fourth-order valence-electron chi connectivity index (χ4n) is 1.63. The third kappa shape index (κ3) is 4.13. The van der Waals surface area contributed by atoms with Gasteiger partial charge < -0.3 is 19.1 Å². The van der Waals surface area contributed by atoms with E-state index >= 15 is 0 Å². The van der Waals surface area contributed by atoms with E-state index < -0.39 is 0 Å². The maximum absolute atomic E-state index is 5.48. The van der Waals surface area contributed by atoms with Gasteiger partial charge in [-0.3, -0.25) is 0 Å². The Bertz CT molecular complexity index is 497. The summed E-state index contributed by atoms with van der Waals surface area (Å²) in [6, 6.07) is 2.55. The van der Waals surface area contributed by atoms with Crippen LogP contribution in [0, 0.1) is 0 Å². The molecule has 0 saturated carbocycles. The minimum atomic E-state index is 0.0712. The fourth-order valence-corrected chi connectivity index (χ4v) is 1.63. The molecule has 0 unspecified atom stereocenters. The molecular weight excluding hydrogens is 242 g/mol. The third-order valence-electron chi connectivity index (χ3n) is 2.67. The minimum Gasteiger partial charge on any atom is -0.472 e. The van der Waals surface area contributed by atoms with Crippen molar-refractivity contribution in [2.24, 2.45) is 0 Å². The molecule has 104 valence electrons. The zero-order valence-corrected chi connectivity index (χ0v) is 11.9. The van der Waals surface area contributed by atoms with E-state index in [4.69, 9.17) is 8.83 Å². The Hall–Kier alpha value is -1.75. The first-order chi connectivity index (χ1) is 8.94. The van der Waals surface area contributed by atoms with Crippen molar-refractivity contribution in [1.29, 1.82) is 0 Å². The van der Waals surface area contributed by atoms with Crippen LogP contribution >= 0.6 is 0 Å². The quantitative estimate of drug-likeness (QED) is 0.899. The Labute approximate surface area is 113 Å². The van der Waals surface area contributed by atoms with Crippen molar-refractivity contribution in [3.05, 3.63) is 36.1 Å². The molecule has 0 aliphatic heterocycles. The number of rotatable bonds is 5. The van der Waals surface area contributed by atoms with Crippen LogP contribution < -0.4 is 10.2 Å². The van der Waals surface area contributed by atoms with Gasteiger partial charge in [-0.25, -0.2) is 0 Å². The minimum absolute atomic E-state index is 0.0712. The van der Waals surface area contributed by atoms with Crippen LogP contribution in [0.3, 0.4) is 0 Å². The Morgan fingerprint density at radius 1 is 1.32 bits per heavy atom. The lowest BCUT2D eigenvalue weighted by Crippen LogP contribution is -2.35. The first-order valence-corrected chi connectivity index (χ1v) is 6.36. The average molecular weight is 263 g/mol. The first-order valence-electron chi connectivity index (χ1n) is 6.36. The first kappa shape index (κ1) is 13.7. The highest BCUT2D eigenvalue weighted by molar-refractivity contribution is 5.27. The lowest BCUT2D eigenvalue weighted by molar-refractivity contribution is 0.421. The standard InChI is InChI=1S/C14H21N3O2/c1-14(2,3)15-7-12-10-19-13(16-12)17(4)8-11-5-6-18-9-11/h5-6,9-10,15H,7-8H2,1-4H3. The Morgan fingerprint density at radius 3 is 2.74 bits per heavy atom. The van der Waals surface area contributed by atoms with E-state index in [9.17, 15) is 0 Å². The number of aromatic nitrogens is 1. The molecule has 2 aromatic heterocycles. The highest BCUT2D eigenvalue weighted by Crippen LogP contribution is 2.15. The number of oxazole rings is 1. The predicted octanol–water partition coefficient (Wildman–Crippen LogP) is 2.79. The van der Waals surface area contributed by atoms with Crippen LogP contribution in [0.4, 0.5) is 6.01 Å². The van der Waals surface area contributed by atoms with Crippen LogP contribution in [0.15, 0.2) is 33.7 Å². The Morgan fingerprint density at radius 2 is 2.11 bits per heavy atom. The van der Waals surface area contributed by atoms with E-state index in [0.29, 0.717) is 19.1 Å². The van der Waals surface area contributed by atoms with Gasteiger partial charge in [-0.1, -0.05) is 0 Å². The summed E-state index contributed by atoms with van der Waals surface area (Å²) in [6.07, 6.45) is 5.08. The van der Waals surface area contributed by atoms with E-state index in [1.165, 1.54) is 0 Å². The maximum atomic E-state index is 5.48. The van der Waals surface area contributed by atoms with Gasteiger partial charge in [0.2, 0.25) is 0 Å². The summed E-state index contributed by atoms with van der Waals surface area (Å²) in [5, 5.41) is 3.38. The number of nitrogens with one attached hydrogen (secondary N) is 1. The molecule has 2 aromatic rings. The molecule has 2 rings (SSSR count). The van der Waals surface area contributed by atoms with Gasteiger partial charge in [0.15, 0.2) is 0 Å². The molecule has 0 fully saturated rings. The summed E-state index contributed by atoms with van der Waals surface area (Å²) in [7, 11) is 1.94. The summed E-state index contributed by atoms with van der Waals surface area (Å²) < 4.78 is 10.5. The van der Waals surface area contributed by atoms with Gasteiger partial charge in [0, 0.05) is 24.7 Å². The number of nitrogens with zero attached hydrogens (tertiary/aromatic N) is 2. The molecule has 1 N–H and O–H groups in total. The summed E-state index contributed by atoms with van der Waals surface area (Å²) in [5.41, 5.74) is 2.07. The molecule has 0 amide bonds. The smallest absolute Gasteiger partial charge is 0.297 e. The summed E-state index contributed by atoms with van der Waals surface area (Å²) in [6.45, 7) is 7.78. The molecule has 0 aliphatic carbocycles. The van der Waals surface area contributed by atoms with E-state index in [2.05, 4.69) is 31.1 Å². The van der Waals surface area contributed by atoms with Crippen molar-refractivity contribution in [2.75, 3.05) is 11.9 Å². The molecule has 0 saturated heterocycles. The lowest BCUT2D eigenvalue weighted by atomic mass is 10.1. The maximum Gasteiger partial charge on any atom is 0.297 e. The van der Waals surface area contributed by atoms with Crippen LogP contribution in [0.5, 0.6) is 0 Å². The Balaban J connectivity index is 1.92. The largest absolute Gasteiger partial charge is 0.472 e. The van der Waals surface area contributed by atoms with Gasteiger partial charge in [0.05, 0.1) is 24.8 Å². The van der Waals surface area contributed by atoms with Gasteiger partial charge in [0.25, 0.3) is 6.01 Å². The highest BCUT2D eigenvalue weighted by atomic mass is 16.4. The second-order valence-corrected chi connectivity index (χ2v) is 5.71. The number of furan rings is 1. The molecular formula is C14H21N3O2. The molecule has 0 aromatic carbocycles. The molecule has 5 heteroatoms. The normalized spacial score (nSPS) is 11.8. The molecule has 5 nitrogen and oxygen atoms in total. The summed E-state index contributed by atoms with van der Waals surface area (Å²) >= 11 is 0. The SMILES string of the molecule is CN(Cc1ccoc1)c1nc(CNC(C)(C)C)co1. The zero-order chi connectivity index (χ0) is 13.9. The summed E-state index contributed by atoms with van der Waals surface area (Å²) in [5.74, 6) is 0. The predicted molar refractivity (Wildman–Crippen MR) is 73.9 cm³/mol. The number of anilines is 1. The van der Waals surface area contributed by atoms with E-state index in [1.54, 1.807) is 18.8 Å². The molecule has 0 radical (unpaired) electrons. The van der Waals surface area contributed by atoms with Gasteiger partial charge in [-0.15, -0.1) is 0 Å². The highest BCUT2D eigenvalue weighted by Gasteiger charge is 2.13. The van der Waals surface area contributed by atoms with E-state index in [-0.39, 0.29) is 5.54 Å². The van der Waals surface area contributed by atoms with Crippen LogP contribution in [0.2, 0.25) is 0 Å². The fraction of sp³-hybridized carbons (Fsp3) is 0.500. The third-order valence-corrected chi connectivity index (χ3v) is 2.67. The van der Waals surface area contributed by atoms with Crippen molar-refractivity contribution in [2.45, 2.75) is 39.4 Å². The average Bonchev–Trinajstić information content (AvgIpc) is 2.95. The molecule has 0 aliphatic rings. The van der Waals surface area contributed by atoms with Crippen LogP contribution in [-0.2, 0) is 13.1 Å². The molecule has 2 heterocycles. The second kappa shape index (κ2) is 5.48. The molecule has 0 atom stereocenters. The van der Waals surface area contributed by atoms with Crippen LogP contribution in [-0.4, -0.2) is 17.6 Å². The van der Waals surface area contributed by atoms with Gasteiger partial charge >= 0.3 is 0 Å². The number of hydrogen-bond donors (Lipinski definition) is 1. The van der Waals surface area contributed by atoms with Gasteiger partial charge in [-0.05, 0) is 26.8 Å². The Kier molecular flexibility index (Phi) is 3.95. The van der Waals surface area contributed by atoms with Crippen molar-refractivity contribution >= 4 is 6.01 Å².